The molecule has 0 aliphatic carbocycles. The SMILES string of the molecule is O=C(O)CCCCC(=O)NCC#Cc1ccccc1. The van der Waals surface area contributed by atoms with Gasteiger partial charge in [0.1, 0.15) is 0 Å². The Labute approximate surface area is 112 Å². The third kappa shape index (κ3) is 7.61. The average molecular weight is 259 g/mol. The van der Waals surface area contributed by atoms with Crippen molar-refractivity contribution < 1.29 is 14.7 Å². The van der Waals surface area contributed by atoms with Gasteiger partial charge in [-0.2, -0.15) is 0 Å². The van der Waals surface area contributed by atoms with Crippen LogP contribution in [0.15, 0.2) is 30.3 Å². The van der Waals surface area contributed by atoms with Crippen molar-refractivity contribution in [3.63, 3.8) is 0 Å². The van der Waals surface area contributed by atoms with E-state index in [9.17, 15) is 9.59 Å². The first-order chi connectivity index (χ1) is 9.18. The molecule has 0 atom stereocenters. The number of hydrogen-bond acceptors (Lipinski definition) is 2. The second-order valence-electron chi connectivity index (χ2n) is 4.05. The van der Waals surface area contributed by atoms with Crippen molar-refractivity contribution >= 4 is 11.9 Å². The zero-order valence-corrected chi connectivity index (χ0v) is 10.7. The second kappa shape index (κ2) is 8.76. The van der Waals surface area contributed by atoms with Gasteiger partial charge in [-0.15, -0.1) is 0 Å². The molecule has 1 aromatic rings. The van der Waals surface area contributed by atoms with Crippen LogP contribution >= 0.6 is 0 Å². The summed E-state index contributed by atoms with van der Waals surface area (Å²) < 4.78 is 0. The lowest BCUT2D eigenvalue weighted by Crippen LogP contribution is -2.23. The first-order valence-corrected chi connectivity index (χ1v) is 6.21. The molecule has 2 N–H and O–H groups in total. The zero-order valence-electron chi connectivity index (χ0n) is 10.7. The standard InChI is InChI=1S/C15H17NO3/c17-14(10-4-5-11-15(18)19)16-12-6-9-13-7-2-1-3-8-13/h1-3,7-8H,4-5,10-12H2,(H,16,17)(H,18,19). The van der Waals surface area contributed by atoms with Crippen molar-refractivity contribution in [2.45, 2.75) is 25.7 Å². The van der Waals surface area contributed by atoms with Crippen LogP contribution in [0.5, 0.6) is 0 Å². The summed E-state index contributed by atoms with van der Waals surface area (Å²) in [5.74, 6) is 4.89. The third-order valence-electron chi connectivity index (χ3n) is 2.42. The van der Waals surface area contributed by atoms with Crippen LogP contribution < -0.4 is 5.32 Å². The van der Waals surface area contributed by atoms with Crippen molar-refractivity contribution in [3.05, 3.63) is 35.9 Å². The van der Waals surface area contributed by atoms with Gasteiger partial charge in [-0.1, -0.05) is 30.0 Å². The number of rotatable bonds is 6. The van der Waals surface area contributed by atoms with Crippen LogP contribution in [-0.4, -0.2) is 23.5 Å². The first-order valence-electron chi connectivity index (χ1n) is 6.21. The van der Waals surface area contributed by atoms with Crippen LogP contribution in [0.25, 0.3) is 0 Å². The summed E-state index contributed by atoms with van der Waals surface area (Å²) in [6.45, 7) is 0.312. The maximum atomic E-state index is 11.4. The number of carboxylic acids is 1. The van der Waals surface area contributed by atoms with E-state index in [1.54, 1.807) is 0 Å². The molecule has 19 heavy (non-hydrogen) atoms. The molecule has 0 fully saturated rings. The van der Waals surface area contributed by atoms with Gasteiger partial charge in [0.2, 0.25) is 5.91 Å². The van der Waals surface area contributed by atoms with Crippen molar-refractivity contribution in [2.75, 3.05) is 6.54 Å². The van der Waals surface area contributed by atoms with Crippen molar-refractivity contribution in [1.82, 2.24) is 5.32 Å². The lowest BCUT2D eigenvalue weighted by molar-refractivity contribution is -0.137. The topological polar surface area (TPSA) is 66.4 Å². The number of carbonyl (C=O) groups is 2. The molecule has 0 aliphatic rings. The lowest BCUT2D eigenvalue weighted by Gasteiger charge is -2.00. The summed E-state index contributed by atoms with van der Waals surface area (Å²) in [6, 6.07) is 9.54. The van der Waals surface area contributed by atoms with E-state index in [2.05, 4.69) is 17.2 Å². The number of carbonyl (C=O) groups excluding carboxylic acids is 1. The highest BCUT2D eigenvalue weighted by Crippen LogP contribution is 1.99. The summed E-state index contributed by atoms with van der Waals surface area (Å²) in [4.78, 5) is 21.6. The molecule has 1 rings (SSSR count). The second-order valence-corrected chi connectivity index (χ2v) is 4.05. The van der Waals surface area contributed by atoms with Gasteiger partial charge < -0.3 is 10.4 Å². The van der Waals surface area contributed by atoms with Gasteiger partial charge in [-0.25, -0.2) is 0 Å². The number of amides is 1. The van der Waals surface area contributed by atoms with Gasteiger partial charge in [0.05, 0.1) is 6.54 Å². The zero-order chi connectivity index (χ0) is 13.9. The number of nitrogens with one attached hydrogen (secondary N) is 1. The fourth-order valence-electron chi connectivity index (χ4n) is 1.46. The van der Waals surface area contributed by atoms with E-state index >= 15 is 0 Å². The number of benzene rings is 1. The lowest BCUT2D eigenvalue weighted by atomic mass is 10.2. The summed E-state index contributed by atoms with van der Waals surface area (Å²) >= 11 is 0. The fourth-order valence-corrected chi connectivity index (χ4v) is 1.46. The van der Waals surface area contributed by atoms with E-state index in [1.807, 2.05) is 30.3 Å². The summed E-state index contributed by atoms with van der Waals surface area (Å²) in [7, 11) is 0. The van der Waals surface area contributed by atoms with E-state index in [0.717, 1.165) is 5.56 Å². The van der Waals surface area contributed by atoms with Crippen molar-refractivity contribution in [3.8, 4) is 11.8 Å². The molecule has 0 radical (unpaired) electrons. The van der Waals surface area contributed by atoms with Gasteiger partial charge in [-0.3, -0.25) is 9.59 Å². The molecule has 0 heterocycles. The number of carboxylic acid groups (broad SMARTS) is 1. The molecule has 0 aliphatic heterocycles. The maximum Gasteiger partial charge on any atom is 0.303 e. The molecule has 0 bridgehead atoms. The quantitative estimate of drug-likeness (QED) is 0.604. The summed E-state index contributed by atoms with van der Waals surface area (Å²) in [6.07, 6.45) is 1.57. The Bertz CT molecular complexity index is 471. The third-order valence-corrected chi connectivity index (χ3v) is 2.42. The summed E-state index contributed by atoms with van der Waals surface area (Å²) in [5.41, 5.74) is 0.915. The van der Waals surface area contributed by atoms with Gasteiger partial charge in [0.15, 0.2) is 0 Å². The molecule has 0 aromatic heterocycles. The van der Waals surface area contributed by atoms with Crippen molar-refractivity contribution in [1.29, 1.82) is 0 Å². The normalized spacial score (nSPS) is 9.26. The molecule has 0 spiro atoms. The molecule has 1 aromatic carbocycles. The van der Waals surface area contributed by atoms with E-state index < -0.39 is 5.97 Å². The van der Waals surface area contributed by atoms with Crippen LogP contribution in [0.1, 0.15) is 31.2 Å². The molecule has 100 valence electrons. The van der Waals surface area contributed by atoms with E-state index in [0.29, 0.717) is 25.8 Å². The van der Waals surface area contributed by atoms with Crippen LogP contribution in [0.4, 0.5) is 0 Å². The predicted molar refractivity (Wildman–Crippen MR) is 72.4 cm³/mol. The van der Waals surface area contributed by atoms with Gasteiger partial charge in [-0.05, 0) is 25.0 Å². The number of hydrogen-bond donors (Lipinski definition) is 2. The van der Waals surface area contributed by atoms with Crippen LogP contribution in [-0.2, 0) is 9.59 Å². The Balaban J connectivity index is 2.14. The van der Waals surface area contributed by atoms with Crippen molar-refractivity contribution in [2.24, 2.45) is 0 Å². The largest absolute Gasteiger partial charge is 0.481 e. The highest BCUT2D eigenvalue weighted by molar-refractivity contribution is 5.76. The Morgan fingerprint density at radius 3 is 2.47 bits per heavy atom. The Hall–Kier alpha value is -2.28. The van der Waals surface area contributed by atoms with Crippen LogP contribution in [0, 0.1) is 11.8 Å². The van der Waals surface area contributed by atoms with E-state index in [-0.39, 0.29) is 12.3 Å². The number of unbranched alkanes of at least 4 members (excludes halogenated alkanes) is 1. The maximum absolute atomic E-state index is 11.4. The van der Waals surface area contributed by atoms with Gasteiger partial charge in [0.25, 0.3) is 0 Å². The fraction of sp³-hybridized carbons (Fsp3) is 0.333. The molecule has 0 unspecified atom stereocenters. The van der Waals surface area contributed by atoms with E-state index in [4.69, 9.17) is 5.11 Å². The minimum Gasteiger partial charge on any atom is -0.481 e. The number of aliphatic carboxylic acids is 1. The molecule has 0 saturated heterocycles. The highest BCUT2D eigenvalue weighted by Gasteiger charge is 2.01. The summed E-state index contributed by atoms with van der Waals surface area (Å²) in [5, 5.41) is 11.1. The molecule has 1 amide bonds. The predicted octanol–water partition coefficient (Wildman–Crippen LogP) is 1.80. The molecular weight excluding hydrogens is 242 g/mol. The Morgan fingerprint density at radius 1 is 1.11 bits per heavy atom. The molecular formula is C15H17NO3. The average Bonchev–Trinajstić information content (AvgIpc) is 2.41. The van der Waals surface area contributed by atoms with Gasteiger partial charge >= 0.3 is 5.97 Å². The van der Waals surface area contributed by atoms with Crippen LogP contribution in [0.3, 0.4) is 0 Å². The Morgan fingerprint density at radius 2 is 1.79 bits per heavy atom. The smallest absolute Gasteiger partial charge is 0.303 e. The minimum atomic E-state index is -0.825. The van der Waals surface area contributed by atoms with E-state index in [1.165, 1.54) is 0 Å². The van der Waals surface area contributed by atoms with Crippen LogP contribution in [0.2, 0.25) is 0 Å². The molecule has 4 nitrogen and oxygen atoms in total. The highest BCUT2D eigenvalue weighted by atomic mass is 16.4. The molecule has 4 heteroatoms. The monoisotopic (exact) mass is 259 g/mol. The first kappa shape index (κ1) is 14.8. The minimum absolute atomic E-state index is 0.0900. The molecule has 0 saturated carbocycles. The van der Waals surface area contributed by atoms with Gasteiger partial charge in [0, 0.05) is 18.4 Å². The Kier molecular flexibility index (Phi) is 6.81.